The van der Waals surface area contributed by atoms with Gasteiger partial charge >= 0.3 is 6.03 Å². The largest absolute Gasteiger partial charge is 0.457 e. The molecule has 0 bridgehead atoms. The van der Waals surface area contributed by atoms with E-state index in [1.54, 1.807) is 29.2 Å². The summed E-state index contributed by atoms with van der Waals surface area (Å²) >= 11 is 1.24. The molecule has 4 aromatic rings. The molecule has 0 aliphatic carbocycles. The second-order valence-electron chi connectivity index (χ2n) is 11.3. The number of anilines is 3. The fourth-order valence-corrected chi connectivity index (χ4v) is 6.81. The maximum absolute atomic E-state index is 13.6. The number of aromatic nitrogens is 1. The van der Waals surface area contributed by atoms with Crippen molar-refractivity contribution >= 4 is 56.5 Å². The number of carbonyl (C=O) groups is 3. The van der Waals surface area contributed by atoms with Crippen LogP contribution in [0.5, 0.6) is 11.5 Å². The molecule has 1 fully saturated rings. The number of pyridine rings is 1. The van der Waals surface area contributed by atoms with Gasteiger partial charge in [-0.15, -0.1) is 11.3 Å². The van der Waals surface area contributed by atoms with E-state index in [0.29, 0.717) is 51.0 Å². The number of ether oxygens (including phenoxy) is 2. The predicted octanol–water partition coefficient (Wildman–Crippen LogP) is 6.47. The third kappa shape index (κ3) is 5.60. The molecule has 0 saturated carbocycles. The number of methoxy groups -OCH3 is 1. The molecular weight excluding hydrogens is 578 g/mol. The van der Waals surface area contributed by atoms with E-state index in [0.717, 1.165) is 24.2 Å². The number of carbonyl (C=O) groups excluding carboxylic acids is 3. The minimum absolute atomic E-state index is 0.0198. The van der Waals surface area contributed by atoms with Crippen molar-refractivity contribution in [1.29, 1.82) is 0 Å². The molecule has 6 rings (SSSR count). The minimum Gasteiger partial charge on any atom is -0.457 e. The second-order valence-corrected chi connectivity index (χ2v) is 12.3. The first-order chi connectivity index (χ1) is 21.2. The lowest BCUT2D eigenvalue weighted by Crippen LogP contribution is -2.51. The summed E-state index contributed by atoms with van der Waals surface area (Å²) in [5, 5.41) is 6.80. The van der Waals surface area contributed by atoms with Crippen molar-refractivity contribution in [2.75, 3.05) is 30.4 Å². The fourth-order valence-electron chi connectivity index (χ4n) is 5.79. The third-order valence-corrected chi connectivity index (χ3v) is 9.47. The van der Waals surface area contributed by atoms with Gasteiger partial charge in [-0.1, -0.05) is 25.1 Å². The highest BCUT2D eigenvalue weighted by Crippen LogP contribution is 2.46. The number of hydrogen-bond donors (Lipinski definition) is 2. The summed E-state index contributed by atoms with van der Waals surface area (Å²) < 4.78 is 11.3. The molecule has 228 valence electrons. The van der Waals surface area contributed by atoms with Gasteiger partial charge in [0.25, 0.3) is 5.91 Å². The van der Waals surface area contributed by atoms with Crippen LogP contribution in [0, 0.1) is 12.8 Å². The van der Waals surface area contributed by atoms with E-state index in [9.17, 15) is 14.4 Å². The van der Waals surface area contributed by atoms with Crippen molar-refractivity contribution in [3.63, 3.8) is 0 Å². The van der Waals surface area contributed by atoms with Crippen molar-refractivity contribution in [2.45, 2.75) is 45.8 Å². The Morgan fingerprint density at radius 2 is 1.89 bits per heavy atom. The van der Waals surface area contributed by atoms with Gasteiger partial charge < -0.3 is 25.0 Å². The molecule has 0 spiro atoms. The van der Waals surface area contributed by atoms with Crippen molar-refractivity contribution in [2.24, 2.45) is 5.92 Å². The van der Waals surface area contributed by atoms with Crippen LogP contribution in [0.2, 0.25) is 0 Å². The molecule has 2 aromatic heterocycles. The van der Waals surface area contributed by atoms with Crippen molar-refractivity contribution in [1.82, 2.24) is 15.2 Å². The van der Waals surface area contributed by atoms with E-state index < -0.39 is 0 Å². The van der Waals surface area contributed by atoms with Gasteiger partial charge in [0, 0.05) is 32.4 Å². The van der Waals surface area contributed by atoms with E-state index in [-0.39, 0.29) is 35.9 Å². The molecule has 2 unspecified atom stereocenters. The van der Waals surface area contributed by atoms with E-state index in [2.05, 4.69) is 15.6 Å². The maximum Gasteiger partial charge on any atom is 0.331 e. The number of urea groups is 1. The predicted molar refractivity (Wildman–Crippen MR) is 171 cm³/mol. The highest BCUT2D eigenvalue weighted by atomic mass is 32.1. The first kappa shape index (κ1) is 29.6. The molecule has 4 amide bonds. The number of piperidine rings is 1. The quantitative estimate of drug-likeness (QED) is 0.236. The summed E-state index contributed by atoms with van der Waals surface area (Å²) in [7, 11) is 1.60. The number of aryl methyl sites for hydroxylation is 1. The van der Waals surface area contributed by atoms with Gasteiger partial charge in [-0.25, -0.2) is 9.78 Å². The summed E-state index contributed by atoms with van der Waals surface area (Å²) in [6.45, 7) is 6.76. The zero-order valence-electron chi connectivity index (χ0n) is 25.1. The monoisotopic (exact) mass is 613 g/mol. The lowest BCUT2D eigenvalue weighted by Gasteiger charge is -2.35. The Labute approximate surface area is 260 Å². The molecule has 2 aliphatic rings. The average molecular weight is 614 g/mol. The molecule has 10 nitrogen and oxygen atoms in total. The smallest absolute Gasteiger partial charge is 0.331 e. The normalized spacial score (nSPS) is 17.6. The van der Waals surface area contributed by atoms with E-state index in [1.807, 2.05) is 69.3 Å². The van der Waals surface area contributed by atoms with Crippen LogP contribution in [0.4, 0.5) is 21.9 Å². The standard InChI is InChI=1S/C33H35N5O5S/c1-19-17-24(43-23-10-6-5-7-11-23)12-13-25(19)38-26-14-15-34-31-27(26)28(36-33(38)41)29(44-31)30(39)35-22-9-8-16-37(18-22)32(40)20(2)21(3)42-4/h5-7,10-15,17,20-22H,8-9,16,18H2,1-4H3,(H,35,39)(H,36,41)/t20?,21?,22-/m1/s1. The molecular formula is C33H35N5O5S. The molecule has 4 heterocycles. The highest BCUT2D eigenvalue weighted by molar-refractivity contribution is 7.21. The number of nitrogens with zero attached hydrogens (tertiary/aromatic N) is 3. The van der Waals surface area contributed by atoms with Crippen LogP contribution < -0.4 is 20.3 Å². The topological polar surface area (TPSA) is 113 Å². The number of likely N-dealkylation sites (tertiary alicyclic amines) is 1. The number of para-hydroxylation sites is 1. The van der Waals surface area contributed by atoms with Gasteiger partial charge in [-0.3, -0.25) is 14.5 Å². The molecule has 1 saturated heterocycles. The number of benzene rings is 2. The van der Waals surface area contributed by atoms with Crippen LogP contribution >= 0.6 is 11.3 Å². The average Bonchev–Trinajstić information content (AvgIpc) is 3.40. The summed E-state index contributed by atoms with van der Waals surface area (Å²) in [6.07, 6.45) is 3.01. The Bertz CT molecular complexity index is 1720. The Balaban J connectivity index is 1.24. The molecule has 11 heteroatoms. The number of amides is 4. The van der Waals surface area contributed by atoms with Crippen LogP contribution in [-0.4, -0.2) is 60.1 Å². The number of nitrogens with one attached hydrogen (secondary N) is 2. The first-order valence-electron chi connectivity index (χ1n) is 14.7. The molecule has 3 atom stereocenters. The molecule has 44 heavy (non-hydrogen) atoms. The van der Waals surface area contributed by atoms with Crippen LogP contribution in [-0.2, 0) is 9.53 Å². The third-order valence-electron chi connectivity index (χ3n) is 8.37. The Morgan fingerprint density at radius 3 is 2.64 bits per heavy atom. The minimum atomic E-state index is -0.368. The highest BCUT2D eigenvalue weighted by Gasteiger charge is 2.35. The van der Waals surface area contributed by atoms with Crippen LogP contribution in [0.15, 0.2) is 60.8 Å². The van der Waals surface area contributed by atoms with Crippen LogP contribution in [0.1, 0.15) is 41.9 Å². The van der Waals surface area contributed by atoms with Crippen LogP contribution in [0.3, 0.4) is 0 Å². The number of rotatable bonds is 8. The van der Waals surface area contributed by atoms with Gasteiger partial charge in [-0.2, -0.15) is 0 Å². The van der Waals surface area contributed by atoms with Gasteiger partial charge in [0.05, 0.1) is 34.5 Å². The summed E-state index contributed by atoms with van der Waals surface area (Å²) in [4.78, 5) is 49.3. The zero-order chi connectivity index (χ0) is 31.0. The molecule has 2 aliphatic heterocycles. The Hall–Kier alpha value is -4.48. The lowest BCUT2D eigenvalue weighted by molar-refractivity contribution is -0.140. The van der Waals surface area contributed by atoms with Crippen molar-refractivity contribution < 1.29 is 23.9 Å². The van der Waals surface area contributed by atoms with Gasteiger partial charge in [0.1, 0.15) is 21.2 Å². The summed E-state index contributed by atoms with van der Waals surface area (Å²) in [5.41, 5.74) is 2.66. The molecule has 0 radical (unpaired) electrons. The summed E-state index contributed by atoms with van der Waals surface area (Å²) in [5.74, 6) is 0.837. The van der Waals surface area contributed by atoms with E-state index in [1.165, 1.54) is 11.3 Å². The maximum atomic E-state index is 13.6. The van der Waals surface area contributed by atoms with Crippen LogP contribution in [0.25, 0.3) is 10.2 Å². The fraction of sp³-hybridized carbons (Fsp3) is 0.333. The van der Waals surface area contributed by atoms with Gasteiger partial charge in [0.15, 0.2) is 0 Å². The van der Waals surface area contributed by atoms with Gasteiger partial charge in [0.2, 0.25) is 5.91 Å². The van der Waals surface area contributed by atoms with Gasteiger partial charge in [-0.05, 0) is 68.7 Å². The second kappa shape index (κ2) is 12.3. The number of thiophene rings is 1. The van der Waals surface area contributed by atoms with Crippen molar-refractivity contribution in [3.8, 4) is 11.5 Å². The van der Waals surface area contributed by atoms with E-state index >= 15 is 0 Å². The Kier molecular flexibility index (Phi) is 8.24. The molecule has 2 aromatic carbocycles. The SMILES string of the molecule is COC(C)C(C)C(=O)N1CCC[C@@H](NC(=O)c2sc3nccc4c3c2NC(=O)N4c2ccc(Oc3ccccc3)cc2C)C1. The number of hydrogen-bond acceptors (Lipinski definition) is 7. The zero-order valence-corrected chi connectivity index (χ0v) is 25.9. The first-order valence-corrected chi connectivity index (χ1v) is 15.6. The van der Waals surface area contributed by atoms with Crippen molar-refractivity contribution in [3.05, 3.63) is 71.2 Å². The Morgan fingerprint density at radius 1 is 1.09 bits per heavy atom. The van der Waals surface area contributed by atoms with E-state index in [4.69, 9.17) is 9.47 Å². The summed E-state index contributed by atoms with van der Waals surface area (Å²) in [6, 6.07) is 16.3. The molecule has 2 N–H and O–H groups in total. The lowest BCUT2D eigenvalue weighted by atomic mass is 10.00.